The van der Waals surface area contributed by atoms with Gasteiger partial charge in [-0.2, -0.15) is 0 Å². The summed E-state index contributed by atoms with van der Waals surface area (Å²) in [4.78, 5) is 0. The fraction of sp³-hybridized carbons (Fsp3) is 0.182. The summed E-state index contributed by atoms with van der Waals surface area (Å²) in [7, 11) is 0. The van der Waals surface area contributed by atoms with Crippen LogP contribution in [0.4, 0.5) is 5.82 Å². The van der Waals surface area contributed by atoms with E-state index in [1.165, 1.54) is 0 Å². The van der Waals surface area contributed by atoms with Gasteiger partial charge in [-0.15, -0.1) is 5.10 Å². The fourth-order valence-electron chi connectivity index (χ4n) is 1.87. The van der Waals surface area contributed by atoms with Crippen molar-refractivity contribution in [2.45, 2.75) is 13.2 Å². The standard InChI is InChI=1S/C11H11N3O2/c12-11-9-5-16-6-10(9)14(13-11)7-1-3-8(15)4-2-7/h1-4,15H,5-6H2,(H2,12,13). The Morgan fingerprint density at radius 1 is 1.25 bits per heavy atom. The monoisotopic (exact) mass is 217 g/mol. The first-order chi connectivity index (χ1) is 7.75. The number of phenolic OH excluding ortho intramolecular Hbond substituents is 1. The zero-order valence-corrected chi connectivity index (χ0v) is 8.55. The average Bonchev–Trinajstić information content (AvgIpc) is 2.84. The van der Waals surface area contributed by atoms with E-state index in [2.05, 4.69) is 5.10 Å². The van der Waals surface area contributed by atoms with E-state index in [4.69, 9.17) is 10.5 Å². The minimum absolute atomic E-state index is 0.233. The summed E-state index contributed by atoms with van der Waals surface area (Å²) >= 11 is 0. The Morgan fingerprint density at radius 3 is 2.75 bits per heavy atom. The predicted molar refractivity (Wildman–Crippen MR) is 58.1 cm³/mol. The number of rotatable bonds is 1. The van der Waals surface area contributed by atoms with E-state index in [0.29, 0.717) is 19.0 Å². The Bertz CT molecular complexity index is 531. The summed E-state index contributed by atoms with van der Waals surface area (Å²) in [6, 6.07) is 6.82. The lowest BCUT2D eigenvalue weighted by atomic mass is 10.2. The third kappa shape index (κ3) is 1.25. The topological polar surface area (TPSA) is 73.3 Å². The molecule has 0 spiro atoms. The third-order valence-corrected chi connectivity index (χ3v) is 2.70. The van der Waals surface area contributed by atoms with Crippen LogP contribution in [-0.4, -0.2) is 14.9 Å². The zero-order chi connectivity index (χ0) is 11.1. The van der Waals surface area contributed by atoms with Gasteiger partial charge in [-0.05, 0) is 24.3 Å². The first-order valence-corrected chi connectivity index (χ1v) is 4.99. The number of nitrogen functional groups attached to an aromatic ring is 1. The minimum atomic E-state index is 0.233. The maximum Gasteiger partial charge on any atom is 0.151 e. The smallest absolute Gasteiger partial charge is 0.151 e. The first-order valence-electron chi connectivity index (χ1n) is 4.99. The van der Waals surface area contributed by atoms with Crippen LogP contribution in [0, 0.1) is 0 Å². The zero-order valence-electron chi connectivity index (χ0n) is 8.55. The number of benzene rings is 1. The molecule has 0 saturated heterocycles. The van der Waals surface area contributed by atoms with Crippen molar-refractivity contribution in [2.24, 2.45) is 0 Å². The van der Waals surface area contributed by atoms with Crippen LogP contribution >= 0.6 is 0 Å². The lowest BCUT2D eigenvalue weighted by Gasteiger charge is -2.04. The summed E-state index contributed by atoms with van der Waals surface area (Å²) in [5, 5.41) is 13.5. The molecule has 5 nitrogen and oxygen atoms in total. The SMILES string of the molecule is Nc1nn(-c2ccc(O)cc2)c2c1COC2. The van der Waals surface area contributed by atoms with Gasteiger partial charge in [0.1, 0.15) is 5.75 Å². The molecule has 2 heterocycles. The second-order valence-corrected chi connectivity index (χ2v) is 3.73. The normalized spacial score (nSPS) is 14.0. The number of hydrogen-bond acceptors (Lipinski definition) is 4. The van der Waals surface area contributed by atoms with Crippen molar-refractivity contribution < 1.29 is 9.84 Å². The highest BCUT2D eigenvalue weighted by Gasteiger charge is 2.22. The molecule has 0 atom stereocenters. The second-order valence-electron chi connectivity index (χ2n) is 3.73. The fourth-order valence-corrected chi connectivity index (χ4v) is 1.87. The van der Waals surface area contributed by atoms with Crippen LogP contribution in [0.1, 0.15) is 11.3 Å². The molecule has 82 valence electrons. The van der Waals surface area contributed by atoms with Gasteiger partial charge in [0.2, 0.25) is 0 Å². The predicted octanol–water partition coefficient (Wildman–Crippen LogP) is 1.19. The molecule has 0 bridgehead atoms. The van der Waals surface area contributed by atoms with Gasteiger partial charge in [0.25, 0.3) is 0 Å². The largest absolute Gasteiger partial charge is 0.508 e. The number of aromatic nitrogens is 2. The van der Waals surface area contributed by atoms with Crippen molar-refractivity contribution in [1.29, 1.82) is 0 Å². The van der Waals surface area contributed by atoms with Crippen LogP contribution in [0.25, 0.3) is 5.69 Å². The number of nitrogens with two attached hydrogens (primary N) is 1. The molecular formula is C11H11N3O2. The van der Waals surface area contributed by atoms with Crippen LogP contribution in [0.3, 0.4) is 0 Å². The maximum atomic E-state index is 9.22. The lowest BCUT2D eigenvalue weighted by molar-refractivity contribution is 0.131. The van der Waals surface area contributed by atoms with Gasteiger partial charge in [-0.1, -0.05) is 0 Å². The number of aromatic hydroxyl groups is 1. The Balaban J connectivity index is 2.13. The van der Waals surface area contributed by atoms with E-state index in [1.807, 2.05) is 0 Å². The van der Waals surface area contributed by atoms with Crippen LogP contribution in [-0.2, 0) is 18.0 Å². The van der Waals surface area contributed by atoms with E-state index in [-0.39, 0.29) is 5.75 Å². The lowest BCUT2D eigenvalue weighted by Crippen LogP contribution is -2.01. The highest BCUT2D eigenvalue weighted by molar-refractivity contribution is 5.48. The van der Waals surface area contributed by atoms with Gasteiger partial charge < -0.3 is 15.6 Å². The maximum absolute atomic E-state index is 9.22. The summed E-state index contributed by atoms with van der Waals surface area (Å²) in [6.45, 7) is 1.06. The van der Waals surface area contributed by atoms with Gasteiger partial charge in [0.05, 0.1) is 24.6 Å². The summed E-state index contributed by atoms with van der Waals surface area (Å²) < 4.78 is 7.09. The van der Waals surface area contributed by atoms with Crippen molar-refractivity contribution in [3.8, 4) is 11.4 Å². The molecule has 0 radical (unpaired) electrons. The molecule has 1 aliphatic rings. The number of phenols is 1. The molecule has 0 unspecified atom stereocenters. The average molecular weight is 217 g/mol. The second kappa shape index (κ2) is 3.24. The molecule has 1 aliphatic heterocycles. The van der Waals surface area contributed by atoms with Crippen LogP contribution in [0.2, 0.25) is 0 Å². The summed E-state index contributed by atoms with van der Waals surface area (Å²) in [5.74, 6) is 0.748. The number of ether oxygens (including phenoxy) is 1. The number of nitrogens with zero attached hydrogens (tertiary/aromatic N) is 2. The van der Waals surface area contributed by atoms with Gasteiger partial charge in [0.15, 0.2) is 5.82 Å². The molecule has 0 amide bonds. The van der Waals surface area contributed by atoms with Crippen molar-refractivity contribution in [2.75, 3.05) is 5.73 Å². The minimum Gasteiger partial charge on any atom is -0.508 e. The van der Waals surface area contributed by atoms with Gasteiger partial charge >= 0.3 is 0 Å². The highest BCUT2D eigenvalue weighted by Crippen LogP contribution is 2.27. The Morgan fingerprint density at radius 2 is 2.00 bits per heavy atom. The summed E-state index contributed by atoms with van der Waals surface area (Å²) in [6.07, 6.45) is 0. The Kier molecular flexibility index (Phi) is 1.87. The number of hydrogen-bond donors (Lipinski definition) is 2. The first kappa shape index (κ1) is 9.23. The van der Waals surface area contributed by atoms with Crippen LogP contribution in [0.15, 0.2) is 24.3 Å². The van der Waals surface area contributed by atoms with Crippen molar-refractivity contribution >= 4 is 5.82 Å². The quantitative estimate of drug-likeness (QED) is 0.752. The van der Waals surface area contributed by atoms with Crippen molar-refractivity contribution in [3.63, 3.8) is 0 Å². The van der Waals surface area contributed by atoms with E-state index in [1.54, 1.807) is 28.9 Å². The molecule has 2 aromatic rings. The highest BCUT2D eigenvalue weighted by atomic mass is 16.5. The van der Waals surface area contributed by atoms with Crippen LogP contribution < -0.4 is 5.73 Å². The number of anilines is 1. The summed E-state index contributed by atoms with van der Waals surface area (Å²) in [5.41, 5.74) is 8.63. The van der Waals surface area contributed by atoms with E-state index in [9.17, 15) is 5.11 Å². The van der Waals surface area contributed by atoms with Crippen LogP contribution in [0.5, 0.6) is 5.75 Å². The molecule has 0 fully saturated rings. The van der Waals surface area contributed by atoms with E-state index in [0.717, 1.165) is 16.9 Å². The van der Waals surface area contributed by atoms with Crippen molar-refractivity contribution in [3.05, 3.63) is 35.5 Å². The number of fused-ring (bicyclic) bond motifs is 1. The van der Waals surface area contributed by atoms with Gasteiger partial charge in [-0.25, -0.2) is 4.68 Å². The molecule has 1 aromatic heterocycles. The molecule has 3 rings (SSSR count). The molecular weight excluding hydrogens is 206 g/mol. The van der Waals surface area contributed by atoms with E-state index >= 15 is 0 Å². The van der Waals surface area contributed by atoms with Gasteiger partial charge in [0, 0.05) is 5.56 Å². The Labute approximate surface area is 92.1 Å². The van der Waals surface area contributed by atoms with Crippen molar-refractivity contribution in [1.82, 2.24) is 9.78 Å². The molecule has 0 aliphatic carbocycles. The van der Waals surface area contributed by atoms with Gasteiger partial charge in [-0.3, -0.25) is 0 Å². The third-order valence-electron chi connectivity index (χ3n) is 2.70. The molecule has 5 heteroatoms. The molecule has 3 N–H and O–H groups in total. The van der Waals surface area contributed by atoms with E-state index < -0.39 is 0 Å². The molecule has 0 saturated carbocycles. The Hall–Kier alpha value is -2.01. The molecule has 1 aromatic carbocycles. The molecule has 16 heavy (non-hydrogen) atoms.